The molecular formula is C14H14Cl2N2O2. The minimum absolute atomic E-state index is 0.0679. The molecule has 1 saturated heterocycles. The van der Waals surface area contributed by atoms with E-state index in [9.17, 15) is 9.59 Å². The van der Waals surface area contributed by atoms with Gasteiger partial charge in [-0.25, -0.2) is 0 Å². The van der Waals surface area contributed by atoms with Gasteiger partial charge < -0.3 is 9.80 Å². The highest BCUT2D eigenvalue weighted by Gasteiger charge is 2.17. The third kappa shape index (κ3) is 3.74. The molecule has 106 valence electrons. The molecule has 0 aliphatic carbocycles. The molecule has 0 aromatic heterocycles. The normalized spacial score (nSPS) is 15.7. The molecule has 0 saturated carbocycles. The molecule has 1 aromatic carbocycles. The van der Waals surface area contributed by atoms with E-state index in [1.54, 1.807) is 34.1 Å². The Morgan fingerprint density at radius 3 is 2.40 bits per heavy atom. The van der Waals surface area contributed by atoms with E-state index in [1.165, 1.54) is 6.08 Å². The van der Waals surface area contributed by atoms with E-state index in [-0.39, 0.29) is 5.91 Å². The van der Waals surface area contributed by atoms with E-state index in [1.807, 2.05) is 0 Å². The largest absolute Gasteiger partial charge is 0.342 e. The van der Waals surface area contributed by atoms with Crippen molar-refractivity contribution in [1.29, 1.82) is 0 Å². The van der Waals surface area contributed by atoms with Crippen molar-refractivity contribution in [2.45, 2.75) is 0 Å². The second-order valence-corrected chi connectivity index (χ2v) is 5.29. The van der Waals surface area contributed by atoms with E-state index in [0.717, 1.165) is 12.0 Å². The van der Waals surface area contributed by atoms with Crippen LogP contribution < -0.4 is 0 Å². The lowest BCUT2D eigenvalue weighted by molar-refractivity contribution is -0.130. The fourth-order valence-corrected chi connectivity index (χ4v) is 2.24. The maximum atomic E-state index is 12.0. The fraction of sp³-hybridized carbons (Fsp3) is 0.286. The topological polar surface area (TPSA) is 40.6 Å². The quantitative estimate of drug-likeness (QED) is 0.635. The number of benzene rings is 1. The maximum Gasteiger partial charge on any atom is 0.246 e. The number of piperazine rings is 1. The second-order valence-electron chi connectivity index (χ2n) is 4.47. The first kappa shape index (κ1) is 14.9. The Kier molecular flexibility index (Phi) is 5.04. The first-order valence-corrected chi connectivity index (χ1v) is 6.97. The molecule has 2 amide bonds. The van der Waals surface area contributed by atoms with Gasteiger partial charge in [0.2, 0.25) is 12.3 Å². The third-order valence-corrected chi connectivity index (χ3v) is 3.88. The summed E-state index contributed by atoms with van der Waals surface area (Å²) in [5, 5.41) is 0.945. The van der Waals surface area contributed by atoms with E-state index >= 15 is 0 Å². The molecule has 0 radical (unpaired) electrons. The van der Waals surface area contributed by atoms with E-state index < -0.39 is 0 Å². The summed E-state index contributed by atoms with van der Waals surface area (Å²) in [6.45, 7) is 2.28. The highest BCUT2D eigenvalue weighted by molar-refractivity contribution is 6.42. The number of amides is 2. The molecule has 1 aliphatic heterocycles. The Bertz CT molecular complexity index is 538. The number of hydrogen-bond donors (Lipinski definition) is 0. The SMILES string of the molecule is O=CN1CCN(C(=O)C=Cc2ccc(Cl)c(Cl)c2)CC1. The van der Waals surface area contributed by atoms with Gasteiger partial charge in [0.15, 0.2) is 0 Å². The summed E-state index contributed by atoms with van der Waals surface area (Å²) in [5.74, 6) is -0.0679. The number of carbonyl (C=O) groups excluding carboxylic acids is 2. The standard InChI is InChI=1S/C14H14Cl2N2O2/c15-12-3-1-11(9-13(12)16)2-4-14(20)18-7-5-17(10-19)6-8-18/h1-4,9-10H,5-8H2. The molecule has 2 rings (SSSR count). The number of nitrogens with zero attached hydrogens (tertiary/aromatic N) is 2. The molecule has 20 heavy (non-hydrogen) atoms. The number of hydrogen-bond acceptors (Lipinski definition) is 2. The summed E-state index contributed by atoms with van der Waals surface area (Å²) < 4.78 is 0. The van der Waals surface area contributed by atoms with Crippen molar-refractivity contribution in [3.63, 3.8) is 0 Å². The summed E-state index contributed by atoms with van der Waals surface area (Å²) in [4.78, 5) is 26.0. The van der Waals surface area contributed by atoms with Crippen LogP contribution in [-0.4, -0.2) is 48.3 Å². The maximum absolute atomic E-state index is 12.0. The summed E-state index contributed by atoms with van der Waals surface area (Å²) in [6, 6.07) is 5.19. The van der Waals surface area contributed by atoms with Gasteiger partial charge in [-0.3, -0.25) is 9.59 Å². The Morgan fingerprint density at radius 2 is 1.80 bits per heavy atom. The molecule has 0 unspecified atom stereocenters. The molecule has 0 N–H and O–H groups in total. The summed E-state index contributed by atoms with van der Waals surface area (Å²) in [6.07, 6.45) is 4.03. The van der Waals surface area contributed by atoms with Gasteiger partial charge in [-0.1, -0.05) is 29.3 Å². The Labute approximate surface area is 127 Å². The van der Waals surface area contributed by atoms with Gasteiger partial charge >= 0.3 is 0 Å². The van der Waals surface area contributed by atoms with E-state index in [2.05, 4.69) is 0 Å². The molecule has 4 nitrogen and oxygen atoms in total. The highest BCUT2D eigenvalue weighted by Crippen LogP contribution is 2.23. The van der Waals surface area contributed by atoms with Gasteiger partial charge in [-0.05, 0) is 23.8 Å². The molecule has 1 aliphatic rings. The van der Waals surface area contributed by atoms with Crippen LogP contribution in [0.5, 0.6) is 0 Å². The van der Waals surface area contributed by atoms with Gasteiger partial charge in [0, 0.05) is 32.3 Å². The lowest BCUT2D eigenvalue weighted by Crippen LogP contribution is -2.47. The number of rotatable bonds is 3. The Hall–Kier alpha value is -1.52. The zero-order chi connectivity index (χ0) is 14.5. The second kappa shape index (κ2) is 6.77. The van der Waals surface area contributed by atoms with E-state index in [0.29, 0.717) is 36.2 Å². The lowest BCUT2D eigenvalue weighted by Gasteiger charge is -2.31. The first-order chi connectivity index (χ1) is 9.60. The van der Waals surface area contributed by atoms with Crippen molar-refractivity contribution < 1.29 is 9.59 Å². The number of halogens is 2. The van der Waals surface area contributed by atoms with Crippen molar-refractivity contribution in [1.82, 2.24) is 9.80 Å². The summed E-state index contributed by atoms with van der Waals surface area (Å²) in [7, 11) is 0. The van der Waals surface area contributed by atoms with Crippen LogP contribution in [0.2, 0.25) is 10.0 Å². The van der Waals surface area contributed by atoms with Gasteiger partial charge in [0.1, 0.15) is 0 Å². The van der Waals surface area contributed by atoms with Crippen LogP contribution in [0, 0.1) is 0 Å². The van der Waals surface area contributed by atoms with Gasteiger partial charge in [-0.2, -0.15) is 0 Å². The van der Waals surface area contributed by atoms with Gasteiger partial charge in [0.05, 0.1) is 10.0 Å². The molecular weight excluding hydrogens is 299 g/mol. The summed E-state index contributed by atoms with van der Waals surface area (Å²) in [5.41, 5.74) is 0.819. The molecule has 0 spiro atoms. The first-order valence-electron chi connectivity index (χ1n) is 6.21. The van der Waals surface area contributed by atoms with Crippen LogP contribution >= 0.6 is 23.2 Å². The summed E-state index contributed by atoms with van der Waals surface area (Å²) >= 11 is 11.7. The molecule has 0 atom stereocenters. The third-order valence-electron chi connectivity index (χ3n) is 3.14. The van der Waals surface area contributed by atoms with Crippen molar-refractivity contribution in [2.24, 2.45) is 0 Å². The van der Waals surface area contributed by atoms with Crippen LogP contribution in [0.25, 0.3) is 6.08 Å². The van der Waals surface area contributed by atoms with Crippen molar-refractivity contribution >= 4 is 41.6 Å². The minimum atomic E-state index is -0.0679. The molecule has 0 bridgehead atoms. The van der Waals surface area contributed by atoms with Crippen LogP contribution in [0.1, 0.15) is 5.56 Å². The van der Waals surface area contributed by atoms with Crippen molar-refractivity contribution in [2.75, 3.05) is 26.2 Å². The minimum Gasteiger partial charge on any atom is -0.342 e. The average Bonchev–Trinajstić information content (AvgIpc) is 2.48. The molecule has 1 heterocycles. The van der Waals surface area contributed by atoms with Crippen LogP contribution in [-0.2, 0) is 9.59 Å². The monoisotopic (exact) mass is 312 g/mol. The highest BCUT2D eigenvalue weighted by atomic mass is 35.5. The zero-order valence-corrected chi connectivity index (χ0v) is 12.3. The van der Waals surface area contributed by atoms with Gasteiger partial charge in [-0.15, -0.1) is 0 Å². The van der Waals surface area contributed by atoms with Crippen LogP contribution in [0.15, 0.2) is 24.3 Å². The predicted octanol–water partition coefficient (Wildman–Crippen LogP) is 2.31. The van der Waals surface area contributed by atoms with E-state index in [4.69, 9.17) is 23.2 Å². The zero-order valence-electron chi connectivity index (χ0n) is 10.8. The lowest BCUT2D eigenvalue weighted by atomic mass is 10.2. The smallest absolute Gasteiger partial charge is 0.246 e. The average molecular weight is 313 g/mol. The molecule has 1 aromatic rings. The Balaban J connectivity index is 1.95. The fourth-order valence-electron chi connectivity index (χ4n) is 1.94. The molecule has 6 heteroatoms. The Morgan fingerprint density at radius 1 is 1.10 bits per heavy atom. The molecule has 1 fully saturated rings. The van der Waals surface area contributed by atoms with Crippen molar-refractivity contribution in [3.05, 3.63) is 39.9 Å². The van der Waals surface area contributed by atoms with Crippen LogP contribution in [0.3, 0.4) is 0 Å². The van der Waals surface area contributed by atoms with Crippen LogP contribution in [0.4, 0.5) is 0 Å². The van der Waals surface area contributed by atoms with Gasteiger partial charge in [0.25, 0.3) is 0 Å². The number of carbonyl (C=O) groups is 2. The van der Waals surface area contributed by atoms with Crippen molar-refractivity contribution in [3.8, 4) is 0 Å². The predicted molar refractivity (Wildman–Crippen MR) is 79.7 cm³/mol.